The van der Waals surface area contributed by atoms with Crippen LogP contribution in [0.3, 0.4) is 0 Å². The van der Waals surface area contributed by atoms with Crippen LogP contribution in [0.4, 0.5) is 0 Å². The highest BCUT2D eigenvalue weighted by molar-refractivity contribution is 5.66. The Kier molecular flexibility index (Phi) is 3.15. The number of aliphatic hydroxyl groups excluding tert-OH is 2. The largest absolute Gasteiger partial charge is 0.432 e. The summed E-state index contributed by atoms with van der Waals surface area (Å²) < 4.78 is 4.05. The second kappa shape index (κ2) is 3.39. The van der Waals surface area contributed by atoms with E-state index in [1.54, 1.807) is 0 Å². The first-order chi connectivity index (χ1) is 4.04. The van der Waals surface area contributed by atoms with Crippen LogP contribution < -0.4 is 5.73 Å². The number of hydrogen-bond acceptors (Lipinski definition) is 5. The standard InChI is InChI=1S/C4H9NO4/c1-2(6)9-4(8)3(5)7/h3-4,7-8H,5H2,1H3. The topological polar surface area (TPSA) is 92.8 Å². The van der Waals surface area contributed by atoms with E-state index in [1.165, 1.54) is 0 Å². The minimum absolute atomic E-state index is 0.688. The molecule has 2 unspecified atom stereocenters. The van der Waals surface area contributed by atoms with E-state index in [0.717, 1.165) is 6.92 Å². The number of hydrogen-bond donors (Lipinski definition) is 3. The number of carbonyl (C=O) groups is 1. The van der Waals surface area contributed by atoms with E-state index in [1.807, 2.05) is 0 Å². The summed E-state index contributed by atoms with van der Waals surface area (Å²) in [7, 11) is 0. The lowest BCUT2D eigenvalue weighted by Gasteiger charge is -2.11. The van der Waals surface area contributed by atoms with Crippen molar-refractivity contribution in [2.24, 2.45) is 5.73 Å². The summed E-state index contributed by atoms with van der Waals surface area (Å²) >= 11 is 0. The molecule has 0 aromatic carbocycles. The summed E-state index contributed by atoms with van der Waals surface area (Å²) in [5.41, 5.74) is 4.71. The Morgan fingerprint density at radius 1 is 1.67 bits per heavy atom. The molecule has 0 spiro atoms. The number of esters is 1. The van der Waals surface area contributed by atoms with Gasteiger partial charge in [0, 0.05) is 6.92 Å². The fourth-order valence-electron chi connectivity index (χ4n) is 0.240. The number of nitrogens with two attached hydrogens (primary N) is 1. The third-order valence-corrected chi connectivity index (χ3v) is 0.579. The fraction of sp³-hybridized carbons (Fsp3) is 0.750. The molecule has 0 aromatic rings. The predicted molar refractivity (Wildman–Crippen MR) is 28.0 cm³/mol. The van der Waals surface area contributed by atoms with Gasteiger partial charge in [-0.1, -0.05) is 0 Å². The van der Waals surface area contributed by atoms with Gasteiger partial charge in [-0.05, 0) is 0 Å². The molecule has 0 saturated carbocycles. The number of rotatable bonds is 2. The highest BCUT2D eigenvalue weighted by Crippen LogP contribution is 1.88. The van der Waals surface area contributed by atoms with E-state index < -0.39 is 18.5 Å². The van der Waals surface area contributed by atoms with E-state index in [-0.39, 0.29) is 0 Å². The lowest BCUT2D eigenvalue weighted by Crippen LogP contribution is -2.37. The molecule has 0 heterocycles. The van der Waals surface area contributed by atoms with Crippen LogP contribution in [-0.2, 0) is 9.53 Å². The molecule has 0 aliphatic heterocycles. The first kappa shape index (κ1) is 8.35. The molecular formula is C4H9NO4. The predicted octanol–water partition coefficient (Wildman–Crippen LogP) is -1.85. The molecule has 0 aromatic heterocycles. The zero-order valence-corrected chi connectivity index (χ0v) is 4.94. The van der Waals surface area contributed by atoms with Crippen molar-refractivity contribution in [2.75, 3.05) is 0 Å². The molecule has 5 heteroatoms. The van der Waals surface area contributed by atoms with Gasteiger partial charge in [0.1, 0.15) is 0 Å². The van der Waals surface area contributed by atoms with Gasteiger partial charge in [-0.25, -0.2) is 0 Å². The molecule has 9 heavy (non-hydrogen) atoms. The highest BCUT2D eigenvalue weighted by Gasteiger charge is 2.12. The number of ether oxygens (including phenoxy) is 1. The summed E-state index contributed by atoms with van der Waals surface area (Å²) in [6.07, 6.45) is -3.16. The van der Waals surface area contributed by atoms with Gasteiger partial charge in [0.05, 0.1) is 0 Å². The summed E-state index contributed by atoms with van der Waals surface area (Å²) in [4.78, 5) is 10.0. The maximum absolute atomic E-state index is 10.0. The molecule has 0 radical (unpaired) electrons. The van der Waals surface area contributed by atoms with Crippen LogP contribution in [0.1, 0.15) is 6.92 Å². The van der Waals surface area contributed by atoms with Gasteiger partial charge in [0.2, 0.25) is 6.29 Å². The van der Waals surface area contributed by atoms with E-state index in [4.69, 9.17) is 15.9 Å². The van der Waals surface area contributed by atoms with Crippen LogP contribution in [0.5, 0.6) is 0 Å². The Morgan fingerprint density at radius 3 is 2.22 bits per heavy atom. The Morgan fingerprint density at radius 2 is 2.11 bits per heavy atom. The van der Waals surface area contributed by atoms with Gasteiger partial charge < -0.3 is 20.7 Å². The summed E-state index contributed by atoms with van der Waals surface area (Å²) in [5, 5.41) is 16.8. The smallest absolute Gasteiger partial charge is 0.305 e. The Hall–Kier alpha value is -0.650. The van der Waals surface area contributed by atoms with Gasteiger partial charge in [0.25, 0.3) is 0 Å². The molecule has 0 aliphatic rings. The molecule has 0 aliphatic carbocycles. The van der Waals surface area contributed by atoms with E-state index in [0.29, 0.717) is 0 Å². The van der Waals surface area contributed by atoms with Crippen LogP contribution >= 0.6 is 0 Å². The van der Waals surface area contributed by atoms with Crippen LogP contribution in [0.15, 0.2) is 0 Å². The Balaban J connectivity index is 3.50. The molecule has 0 saturated heterocycles. The quantitative estimate of drug-likeness (QED) is 0.305. The first-order valence-corrected chi connectivity index (χ1v) is 2.33. The van der Waals surface area contributed by atoms with Crippen LogP contribution in [0.2, 0.25) is 0 Å². The minimum Gasteiger partial charge on any atom is -0.432 e. The maximum Gasteiger partial charge on any atom is 0.305 e. The zero-order chi connectivity index (χ0) is 7.44. The van der Waals surface area contributed by atoms with Crippen molar-refractivity contribution in [1.29, 1.82) is 0 Å². The van der Waals surface area contributed by atoms with Gasteiger partial charge in [-0.2, -0.15) is 0 Å². The van der Waals surface area contributed by atoms with Crippen molar-refractivity contribution in [2.45, 2.75) is 19.4 Å². The third kappa shape index (κ3) is 3.89. The van der Waals surface area contributed by atoms with Crippen molar-refractivity contribution in [3.8, 4) is 0 Å². The van der Waals surface area contributed by atoms with Crippen molar-refractivity contribution in [1.82, 2.24) is 0 Å². The molecule has 0 amide bonds. The molecular weight excluding hydrogens is 126 g/mol. The Labute approximate surface area is 52.0 Å². The van der Waals surface area contributed by atoms with Crippen molar-refractivity contribution in [3.63, 3.8) is 0 Å². The van der Waals surface area contributed by atoms with Crippen LogP contribution in [-0.4, -0.2) is 28.7 Å². The third-order valence-electron chi connectivity index (χ3n) is 0.579. The van der Waals surface area contributed by atoms with E-state index >= 15 is 0 Å². The van der Waals surface area contributed by atoms with Crippen molar-refractivity contribution >= 4 is 5.97 Å². The molecule has 0 bridgehead atoms. The van der Waals surface area contributed by atoms with Gasteiger partial charge >= 0.3 is 5.97 Å². The second-order valence-electron chi connectivity index (χ2n) is 1.49. The molecule has 0 rings (SSSR count). The van der Waals surface area contributed by atoms with E-state index in [9.17, 15) is 4.79 Å². The van der Waals surface area contributed by atoms with Gasteiger partial charge in [-0.3, -0.25) is 4.79 Å². The average Bonchev–Trinajstić information content (AvgIpc) is 1.63. The average molecular weight is 135 g/mol. The minimum atomic E-state index is -1.62. The monoisotopic (exact) mass is 135 g/mol. The molecule has 54 valence electrons. The SMILES string of the molecule is CC(=O)OC(O)C(N)O. The first-order valence-electron chi connectivity index (χ1n) is 2.33. The van der Waals surface area contributed by atoms with Gasteiger partial charge in [-0.15, -0.1) is 0 Å². The van der Waals surface area contributed by atoms with Crippen molar-refractivity contribution < 1.29 is 19.7 Å². The number of aliphatic hydroxyl groups is 2. The molecule has 2 atom stereocenters. The summed E-state index contributed by atoms with van der Waals surface area (Å²) in [5.74, 6) is -0.688. The zero-order valence-electron chi connectivity index (χ0n) is 4.94. The molecule has 5 nitrogen and oxygen atoms in total. The lowest BCUT2D eigenvalue weighted by atomic mass is 10.6. The fourth-order valence-corrected chi connectivity index (χ4v) is 0.240. The maximum atomic E-state index is 10.0. The van der Waals surface area contributed by atoms with Crippen LogP contribution in [0, 0.1) is 0 Å². The summed E-state index contributed by atoms with van der Waals surface area (Å²) in [6, 6.07) is 0. The lowest BCUT2D eigenvalue weighted by molar-refractivity contribution is -0.183. The van der Waals surface area contributed by atoms with Crippen LogP contribution in [0.25, 0.3) is 0 Å². The Bertz CT molecular complexity index is 103. The normalized spacial score (nSPS) is 16.4. The second-order valence-corrected chi connectivity index (χ2v) is 1.49. The molecule has 0 fully saturated rings. The summed E-state index contributed by atoms with van der Waals surface area (Å²) in [6.45, 7) is 1.10. The molecule has 4 N–H and O–H groups in total. The van der Waals surface area contributed by atoms with Crippen molar-refractivity contribution in [3.05, 3.63) is 0 Å². The van der Waals surface area contributed by atoms with Gasteiger partial charge in [0.15, 0.2) is 6.23 Å². The van der Waals surface area contributed by atoms with E-state index in [2.05, 4.69) is 4.74 Å². The highest BCUT2D eigenvalue weighted by atomic mass is 16.6. The number of carbonyl (C=O) groups excluding carboxylic acids is 1.